The van der Waals surface area contributed by atoms with Crippen molar-refractivity contribution >= 4 is 21.6 Å². The number of benzene rings is 1. The molecule has 0 saturated carbocycles. The maximum absolute atomic E-state index is 5.10. The van der Waals surface area contributed by atoms with E-state index in [0.717, 1.165) is 13.2 Å². The van der Waals surface area contributed by atoms with Crippen LogP contribution in [0.15, 0.2) is 24.3 Å². The number of aromatic nitrogens is 1. The molecule has 1 aromatic carbocycles. The van der Waals surface area contributed by atoms with Crippen LogP contribution in [0.1, 0.15) is 5.01 Å². The topological polar surface area (TPSA) is 13.1 Å². The van der Waals surface area contributed by atoms with Gasteiger partial charge in [0.1, 0.15) is 11.3 Å². The van der Waals surface area contributed by atoms with Gasteiger partial charge in [-0.25, -0.2) is 0 Å². The van der Waals surface area contributed by atoms with Crippen molar-refractivity contribution in [1.29, 1.82) is 0 Å². The summed E-state index contributed by atoms with van der Waals surface area (Å²) >= 11 is 1.84. The Labute approximate surface area is 87.8 Å². The van der Waals surface area contributed by atoms with E-state index in [1.54, 1.807) is 7.11 Å². The summed E-state index contributed by atoms with van der Waals surface area (Å²) in [4.78, 5) is 0. The Balaban J connectivity index is 2.45. The van der Waals surface area contributed by atoms with Gasteiger partial charge in [-0.3, -0.25) is 0 Å². The molecular formula is C11H14NOS+. The van der Waals surface area contributed by atoms with Crippen LogP contribution in [-0.4, -0.2) is 13.7 Å². The normalized spacial score (nSPS) is 11.0. The summed E-state index contributed by atoms with van der Waals surface area (Å²) in [6.45, 7) is 3.86. The summed E-state index contributed by atoms with van der Waals surface area (Å²) in [5.74, 6) is 0. The maximum atomic E-state index is 5.10. The van der Waals surface area contributed by atoms with Crippen molar-refractivity contribution in [3.05, 3.63) is 29.3 Å². The number of fused-ring (bicyclic) bond motifs is 1. The van der Waals surface area contributed by atoms with Gasteiger partial charge in [0.2, 0.25) is 10.5 Å². The van der Waals surface area contributed by atoms with Gasteiger partial charge in [0, 0.05) is 20.1 Å². The Hall–Kier alpha value is -0.930. The van der Waals surface area contributed by atoms with Crippen molar-refractivity contribution in [3.63, 3.8) is 0 Å². The standard InChI is InChI=1S/C11H14NOS/c1-9-12(7-8-13-2)10-5-3-4-6-11(10)14-9/h3-6H,7-8H2,1-2H3/q+1. The molecule has 1 heterocycles. The summed E-state index contributed by atoms with van der Waals surface area (Å²) < 4.78 is 8.76. The molecule has 1 aromatic heterocycles. The average molecular weight is 208 g/mol. The van der Waals surface area contributed by atoms with Crippen LogP contribution in [0.25, 0.3) is 10.2 Å². The third-order valence-corrected chi connectivity index (χ3v) is 3.39. The molecule has 2 rings (SSSR count). The highest BCUT2D eigenvalue weighted by Gasteiger charge is 2.15. The van der Waals surface area contributed by atoms with E-state index in [2.05, 4.69) is 35.8 Å². The lowest BCUT2D eigenvalue weighted by molar-refractivity contribution is -0.674. The summed E-state index contributed by atoms with van der Waals surface area (Å²) in [6, 6.07) is 8.49. The smallest absolute Gasteiger partial charge is 0.235 e. The van der Waals surface area contributed by atoms with Crippen molar-refractivity contribution in [2.45, 2.75) is 13.5 Å². The van der Waals surface area contributed by atoms with E-state index < -0.39 is 0 Å². The Kier molecular flexibility index (Phi) is 2.79. The van der Waals surface area contributed by atoms with Gasteiger partial charge >= 0.3 is 0 Å². The molecule has 0 fully saturated rings. The van der Waals surface area contributed by atoms with Crippen LogP contribution < -0.4 is 4.57 Å². The number of thiazole rings is 1. The Bertz CT molecular complexity index is 436. The first kappa shape index (κ1) is 9.62. The van der Waals surface area contributed by atoms with E-state index in [1.165, 1.54) is 15.2 Å². The second-order valence-electron chi connectivity index (χ2n) is 3.23. The highest BCUT2D eigenvalue weighted by molar-refractivity contribution is 7.18. The van der Waals surface area contributed by atoms with Gasteiger partial charge in [0.15, 0.2) is 6.54 Å². The van der Waals surface area contributed by atoms with Crippen molar-refractivity contribution < 1.29 is 9.30 Å². The summed E-state index contributed by atoms with van der Waals surface area (Å²) in [5.41, 5.74) is 1.31. The second-order valence-corrected chi connectivity index (χ2v) is 4.47. The number of ether oxygens (including phenoxy) is 1. The second kappa shape index (κ2) is 4.07. The lowest BCUT2D eigenvalue weighted by atomic mass is 10.3. The van der Waals surface area contributed by atoms with E-state index >= 15 is 0 Å². The highest BCUT2D eigenvalue weighted by Crippen LogP contribution is 2.18. The molecule has 0 amide bonds. The van der Waals surface area contributed by atoms with E-state index in [1.807, 2.05) is 11.3 Å². The average Bonchev–Trinajstić information content (AvgIpc) is 2.51. The number of hydrogen-bond acceptors (Lipinski definition) is 2. The van der Waals surface area contributed by atoms with Crippen molar-refractivity contribution in [2.24, 2.45) is 0 Å². The zero-order chi connectivity index (χ0) is 9.97. The number of para-hydroxylation sites is 1. The lowest BCUT2D eigenvalue weighted by Crippen LogP contribution is -2.37. The first-order valence-electron chi connectivity index (χ1n) is 4.70. The quantitative estimate of drug-likeness (QED) is 0.704. The summed E-state index contributed by atoms with van der Waals surface area (Å²) in [6.07, 6.45) is 0. The zero-order valence-electron chi connectivity index (χ0n) is 8.49. The highest BCUT2D eigenvalue weighted by atomic mass is 32.1. The molecule has 0 saturated heterocycles. The van der Waals surface area contributed by atoms with Gasteiger partial charge in [-0.2, -0.15) is 4.57 Å². The van der Waals surface area contributed by atoms with Gasteiger partial charge in [-0.1, -0.05) is 23.5 Å². The minimum atomic E-state index is 0.770. The first-order valence-corrected chi connectivity index (χ1v) is 5.51. The van der Waals surface area contributed by atoms with Gasteiger partial charge < -0.3 is 4.74 Å². The van der Waals surface area contributed by atoms with Crippen LogP contribution in [-0.2, 0) is 11.3 Å². The minimum Gasteiger partial charge on any atom is -0.378 e. The van der Waals surface area contributed by atoms with Crippen LogP contribution in [0.4, 0.5) is 0 Å². The number of nitrogens with zero attached hydrogens (tertiary/aromatic N) is 1. The van der Waals surface area contributed by atoms with Crippen LogP contribution in [0.5, 0.6) is 0 Å². The van der Waals surface area contributed by atoms with Crippen molar-refractivity contribution in [3.8, 4) is 0 Å². The maximum Gasteiger partial charge on any atom is 0.235 e. The Morgan fingerprint density at radius 1 is 1.36 bits per heavy atom. The fourth-order valence-electron chi connectivity index (χ4n) is 1.61. The monoisotopic (exact) mass is 208 g/mol. The van der Waals surface area contributed by atoms with E-state index in [0.29, 0.717) is 0 Å². The number of methoxy groups -OCH3 is 1. The van der Waals surface area contributed by atoms with Gasteiger partial charge in [-0.15, -0.1) is 0 Å². The predicted octanol–water partition coefficient (Wildman–Crippen LogP) is 2.14. The fourth-order valence-corrected chi connectivity index (χ4v) is 2.66. The Morgan fingerprint density at radius 2 is 2.14 bits per heavy atom. The van der Waals surface area contributed by atoms with Crippen LogP contribution in [0.3, 0.4) is 0 Å². The van der Waals surface area contributed by atoms with Crippen LogP contribution >= 0.6 is 11.3 Å². The molecule has 2 aromatic rings. The van der Waals surface area contributed by atoms with E-state index in [4.69, 9.17) is 4.74 Å². The molecule has 0 bridgehead atoms. The van der Waals surface area contributed by atoms with E-state index in [-0.39, 0.29) is 0 Å². The molecule has 0 aliphatic rings. The largest absolute Gasteiger partial charge is 0.378 e. The molecule has 0 spiro atoms. The number of hydrogen-bond donors (Lipinski definition) is 0. The molecule has 74 valence electrons. The molecule has 2 nitrogen and oxygen atoms in total. The third-order valence-electron chi connectivity index (χ3n) is 2.31. The van der Waals surface area contributed by atoms with Crippen LogP contribution in [0.2, 0.25) is 0 Å². The molecule has 0 N–H and O–H groups in total. The van der Waals surface area contributed by atoms with Crippen LogP contribution in [0, 0.1) is 6.92 Å². The first-order chi connectivity index (χ1) is 6.83. The lowest BCUT2D eigenvalue weighted by Gasteiger charge is -1.95. The predicted molar refractivity (Wildman–Crippen MR) is 58.6 cm³/mol. The molecule has 14 heavy (non-hydrogen) atoms. The van der Waals surface area contributed by atoms with E-state index in [9.17, 15) is 0 Å². The van der Waals surface area contributed by atoms with Crippen molar-refractivity contribution in [2.75, 3.05) is 13.7 Å². The number of rotatable bonds is 3. The molecule has 0 atom stereocenters. The third kappa shape index (κ3) is 1.65. The SMILES string of the molecule is COCC[n+]1c(C)sc2ccccc21. The summed E-state index contributed by atoms with van der Waals surface area (Å²) in [7, 11) is 1.74. The zero-order valence-corrected chi connectivity index (χ0v) is 9.30. The molecule has 3 heteroatoms. The Morgan fingerprint density at radius 3 is 2.93 bits per heavy atom. The fraction of sp³-hybridized carbons (Fsp3) is 0.364. The van der Waals surface area contributed by atoms with Gasteiger partial charge in [0.25, 0.3) is 0 Å². The molecule has 0 aliphatic carbocycles. The summed E-state index contributed by atoms with van der Waals surface area (Å²) in [5, 5.41) is 1.34. The minimum absolute atomic E-state index is 0.770. The molecular weight excluding hydrogens is 194 g/mol. The molecule has 0 radical (unpaired) electrons. The van der Waals surface area contributed by atoms with Gasteiger partial charge in [-0.05, 0) is 6.07 Å². The molecule has 0 aliphatic heterocycles. The van der Waals surface area contributed by atoms with Gasteiger partial charge in [0.05, 0.1) is 0 Å². The molecule has 0 unspecified atom stereocenters. The van der Waals surface area contributed by atoms with Crippen molar-refractivity contribution in [1.82, 2.24) is 0 Å². The number of aryl methyl sites for hydroxylation is 1.